The van der Waals surface area contributed by atoms with E-state index >= 15 is 0 Å². The maximum atomic E-state index is 9.38. The molecule has 0 saturated heterocycles. The lowest BCUT2D eigenvalue weighted by Gasteiger charge is -2.09. The minimum absolute atomic E-state index is 0.510. The van der Waals surface area contributed by atoms with Crippen molar-refractivity contribution in [3.63, 3.8) is 0 Å². The number of aromatic nitrogens is 4. The van der Waals surface area contributed by atoms with Crippen molar-refractivity contribution in [2.24, 2.45) is 0 Å². The number of hydrogen-bond donors (Lipinski definition) is 2. The predicted octanol–water partition coefficient (Wildman–Crippen LogP) is 22.5. The van der Waals surface area contributed by atoms with Crippen molar-refractivity contribution >= 4 is 175 Å². The fourth-order valence-electron chi connectivity index (χ4n) is 13.8. The van der Waals surface area contributed by atoms with E-state index in [4.69, 9.17) is 40.4 Å². The van der Waals surface area contributed by atoms with Gasteiger partial charge in [-0.05, 0) is 108 Å². The van der Waals surface area contributed by atoms with Crippen molar-refractivity contribution in [3.8, 4) is 55.9 Å². The number of halogens is 1. The van der Waals surface area contributed by atoms with E-state index in [2.05, 4.69) is 218 Å². The topological polar surface area (TPSA) is 118 Å². The average molecular weight is 1290 g/mol. The Morgan fingerprint density at radius 2 is 0.688 bits per heavy atom. The summed E-state index contributed by atoms with van der Waals surface area (Å²) in [4.78, 5) is 19.5. The molecule has 0 amide bonds. The molecule has 0 aliphatic heterocycles. The molecule has 0 unspecified atom stereocenters. The summed E-state index contributed by atoms with van der Waals surface area (Å²) in [6.07, 6.45) is 3.66. The highest BCUT2D eigenvalue weighted by molar-refractivity contribution is 7.26. The SMILES string of the molecule is Clc1cccc(-c2cnc3c(n2)oc2c4ccccc4c4ccccc4c32)c1.OB(O)c1cccc(-c2cccc3c2sc2ccccc23)c1.c1cc(-c2cccc(-c3cccc4c3sc3ccccc34)c2)cc(-c2cnc3c(n2)oc2c4ccccc4c4ccccc4c32)c1. The minimum atomic E-state index is -1.44. The molecule has 0 aliphatic carbocycles. The first-order valence-corrected chi connectivity index (χ1v) is 33.6. The molecule has 6 aromatic heterocycles. The molecule has 6 heterocycles. The molecular formula is C84H50BClN4O4S2. The van der Waals surface area contributed by atoms with Gasteiger partial charge in [0.05, 0.1) is 34.6 Å². The van der Waals surface area contributed by atoms with Crippen molar-refractivity contribution < 1.29 is 18.9 Å². The quantitative estimate of drug-likeness (QED) is 0.125. The van der Waals surface area contributed by atoms with E-state index in [-0.39, 0.29) is 0 Å². The van der Waals surface area contributed by atoms with Crippen LogP contribution >= 0.6 is 34.3 Å². The molecule has 0 fully saturated rings. The van der Waals surface area contributed by atoms with Crippen LogP contribution in [0.5, 0.6) is 0 Å². The Hall–Kier alpha value is -11.4. The van der Waals surface area contributed by atoms with Crippen LogP contribution in [0.2, 0.25) is 5.02 Å². The highest BCUT2D eigenvalue weighted by Crippen LogP contribution is 2.45. The third-order valence-electron chi connectivity index (χ3n) is 18.2. The lowest BCUT2D eigenvalue weighted by molar-refractivity contribution is 0.426. The molecule has 0 aliphatic rings. The van der Waals surface area contributed by atoms with Crippen LogP contribution in [-0.4, -0.2) is 37.1 Å². The number of benzene rings is 14. The number of thiophene rings is 2. The zero-order valence-electron chi connectivity index (χ0n) is 51.0. The normalized spacial score (nSPS) is 11.7. The third-order valence-corrected chi connectivity index (χ3v) is 20.9. The Labute approximate surface area is 562 Å². The molecule has 20 rings (SSSR count). The zero-order valence-corrected chi connectivity index (χ0v) is 53.4. The molecule has 0 radical (unpaired) electrons. The van der Waals surface area contributed by atoms with Crippen molar-refractivity contribution in [1.29, 1.82) is 0 Å². The van der Waals surface area contributed by atoms with Crippen molar-refractivity contribution in [2.75, 3.05) is 0 Å². The van der Waals surface area contributed by atoms with Crippen LogP contribution < -0.4 is 5.46 Å². The van der Waals surface area contributed by atoms with Crippen LogP contribution in [0.1, 0.15) is 0 Å². The average Bonchev–Trinajstić information content (AvgIpc) is 1.53. The van der Waals surface area contributed by atoms with Gasteiger partial charge in [0.1, 0.15) is 22.2 Å². The smallest absolute Gasteiger partial charge is 0.436 e. The zero-order chi connectivity index (χ0) is 64.0. The van der Waals surface area contributed by atoms with Crippen molar-refractivity contribution in [1.82, 2.24) is 19.9 Å². The van der Waals surface area contributed by atoms with Gasteiger partial charge in [-0.2, -0.15) is 0 Å². The van der Waals surface area contributed by atoms with Crippen LogP contribution in [-0.2, 0) is 0 Å². The van der Waals surface area contributed by atoms with Crippen LogP contribution in [0.3, 0.4) is 0 Å². The van der Waals surface area contributed by atoms with Gasteiger partial charge in [0.15, 0.2) is 0 Å². The van der Waals surface area contributed by atoms with E-state index in [0.29, 0.717) is 21.9 Å². The summed E-state index contributed by atoms with van der Waals surface area (Å²) in [5.74, 6) is 0. The summed E-state index contributed by atoms with van der Waals surface area (Å²) in [6.45, 7) is 0. The Morgan fingerprint density at radius 1 is 0.323 bits per heavy atom. The number of furan rings is 2. The number of rotatable bonds is 6. The van der Waals surface area contributed by atoms with Crippen LogP contribution in [0.25, 0.3) is 184 Å². The second kappa shape index (κ2) is 23.6. The minimum Gasteiger partial charge on any atom is -0.436 e. The van der Waals surface area contributed by atoms with Gasteiger partial charge in [0, 0.05) is 67.3 Å². The number of nitrogens with zero attached hydrogens (tertiary/aromatic N) is 4. The molecule has 0 atom stereocenters. The molecule has 0 spiro atoms. The van der Waals surface area contributed by atoms with E-state index in [0.717, 1.165) is 99.3 Å². The summed E-state index contributed by atoms with van der Waals surface area (Å²) >= 11 is 9.77. The first-order chi connectivity index (χ1) is 47.3. The van der Waals surface area contributed by atoms with Gasteiger partial charge in [-0.15, -0.1) is 22.7 Å². The van der Waals surface area contributed by atoms with E-state index < -0.39 is 7.12 Å². The summed E-state index contributed by atoms with van der Waals surface area (Å²) in [5.41, 5.74) is 15.2. The highest BCUT2D eigenvalue weighted by atomic mass is 35.5. The number of fused-ring (bicyclic) bond motifs is 22. The third kappa shape index (κ3) is 9.82. The van der Waals surface area contributed by atoms with Crippen LogP contribution in [0.4, 0.5) is 0 Å². The second-order valence-electron chi connectivity index (χ2n) is 23.8. The molecule has 12 heteroatoms. The largest absolute Gasteiger partial charge is 0.488 e. The van der Waals surface area contributed by atoms with Gasteiger partial charge in [-0.25, -0.2) is 19.9 Å². The summed E-state index contributed by atoms with van der Waals surface area (Å²) < 4.78 is 17.9. The van der Waals surface area contributed by atoms with Gasteiger partial charge in [0.25, 0.3) is 0 Å². The Morgan fingerprint density at radius 3 is 1.18 bits per heavy atom. The lowest BCUT2D eigenvalue weighted by Crippen LogP contribution is -2.29. The first-order valence-electron chi connectivity index (χ1n) is 31.6. The second-order valence-corrected chi connectivity index (χ2v) is 26.4. The lowest BCUT2D eigenvalue weighted by atomic mass is 9.79. The molecular weight excluding hydrogens is 1240 g/mol. The molecule has 2 N–H and O–H groups in total. The van der Waals surface area contributed by atoms with E-state index in [1.807, 2.05) is 72.1 Å². The van der Waals surface area contributed by atoms with Gasteiger partial charge in [-0.1, -0.05) is 254 Å². The summed E-state index contributed by atoms with van der Waals surface area (Å²) in [5, 5.41) is 35.7. The van der Waals surface area contributed by atoms with Crippen LogP contribution in [0, 0.1) is 0 Å². The fraction of sp³-hybridized carbons (Fsp3) is 0. The highest BCUT2D eigenvalue weighted by Gasteiger charge is 2.22. The standard InChI is InChI=1S/C42H24N2OS.C24H13ClN2O.C18H13BO2S/c1-3-17-33-30(14-1)31-15-2-4-18-34(31)40-38(33)39-42(45-40)44-36(24-43-39)28-13-8-11-26(23-28)25-10-7-12-27(22-25)29-19-9-20-35-32-16-5-6-21-37(32)46-41(29)35;25-15-7-5-6-14(12-15)20-13-26-22-21-18-10-3-1-8-16(18)17-9-2-4-11-19(17)23(21)28-24(22)27-20;20-19(21)13-6-3-5-12(11-13)14-8-4-9-16-15-7-1-2-10-17(15)22-18(14)16/h1-24H;1-13H;1-11,20-21H. The summed E-state index contributed by atoms with van der Waals surface area (Å²) in [6, 6.07) is 95.9. The Balaban J connectivity index is 0.000000114. The van der Waals surface area contributed by atoms with Gasteiger partial charge >= 0.3 is 7.12 Å². The van der Waals surface area contributed by atoms with Crippen molar-refractivity contribution in [3.05, 3.63) is 296 Å². The number of hydrogen-bond acceptors (Lipinski definition) is 10. The van der Waals surface area contributed by atoms with Crippen LogP contribution in [0.15, 0.2) is 300 Å². The van der Waals surface area contributed by atoms with Crippen molar-refractivity contribution in [2.45, 2.75) is 0 Å². The molecule has 96 heavy (non-hydrogen) atoms. The van der Waals surface area contributed by atoms with Gasteiger partial charge in [0.2, 0.25) is 11.4 Å². The maximum absolute atomic E-state index is 9.38. The molecule has 0 saturated carbocycles. The Bertz CT molecular complexity index is 6510. The predicted molar refractivity (Wildman–Crippen MR) is 403 cm³/mol. The van der Waals surface area contributed by atoms with E-state index in [1.54, 1.807) is 23.6 Å². The van der Waals surface area contributed by atoms with E-state index in [9.17, 15) is 10.0 Å². The molecule has 452 valence electrons. The van der Waals surface area contributed by atoms with Gasteiger partial charge in [-0.3, -0.25) is 0 Å². The Kier molecular flexibility index (Phi) is 14.1. The molecule has 20 aromatic rings. The maximum Gasteiger partial charge on any atom is 0.488 e. The molecule has 14 aromatic carbocycles. The molecule has 8 nitrogen and oxygen atoms in total. The molecule has 0 bridgehead atoms. The fourth-order valence-corrected chi connectivity index (χ4v) is 16.5. The first kappa shape index (κ1) is 57.3. The van der Waals surface area contributed by atoms with E-state index in [1.165, 1.54) is 73.0 Å². The monoisotopic (exact) mass is 1290 g/mol. The summed E-state index contributed by atoms with van der Waals surface area (Å²) in [7, 11) is -1.44. The van der Waals surface area contributed by atoms with Gasteiger partial charge < -0.3 is 18.9 Å².